The summed E-state index contributed by atoms with van der Waals surface area (Å²) >= 11 is 0. The third-order valence-electron chi connectivity index (χ3n) is 4.42. The molecule has 1 aliphatic heterocycles. The van der Waals surface area contributed by atoms with Crippen LogP contribution >= 0.6 is 0 Å². The molecule has 0 radical (unpaired) electrons. The van der Waals surface area contributed by atoms with E-state index in [4.69, 9.17) is 0 Å². The molecule has 4 heteroatoms. The van der Waals surface area contributed by atoms with Crippen molar-refractivity contribution < 1.29 is 13.2 Å². The zero-order valence-electron chi connectivity index (χ0n) is 9.69. The highest BCUT2D eigenvalue weighted by atomic mass is 19.4. The summed E-state index contributed by atoms with van der Waals surface area (Å²) in [7, 11) is 0. The number of hydrogen-bond donors (Lipinski definition) is 1. The van der Waals surface area contributed by atoms with Gasteiger partial charge in [0.1, 0.15) is 0 Å². The molecule has 2 atom stereocenters. The van der Waals surface area contributed by atoms with Crippen molar-refractivity contribution in [2.45, 2.75) is 38.8 Å². The molecule has 1 nitrogen and oxygen atoms in total. The summed E-state index contributed by atoms with van der Waals surface area (Å²) in [6.45, 7) is 4.24. The second-order valence-electron chi connectivity index (χ2n) is 5.45. The van der Waals surface area contributed by atoms with Crippen LogP contribution in [0.25, 0.3) is 0 Å². The molecular formula is C12H20F3N. The Balaban J connectivity index is 1.85. The van der Waals surface area contributed by atoms with Crippen molar-refractivity contribution in [1.29, 1.82) is 0 Å². The van der Waals surface area contributed by atoms with Crippen LogP contribution in [0.4, 0.5) is 13.2 Å². The van der Waals surface area contributed by atoms with Gasteiger partial charge in [0.2, 0.25) is 0 Å². The molecule has 2 rings (SSSR count). The Morgan fingerprint density at radius 1 is 1.00 bits per heavy atom. The van der Waals surface area contributed by atoms with Crippen LogP contribution in [-0.2, 0) is 0 Å². The van der Waals surface area contributed by atoms with Gasteiger partial charge in [-0.3, -0.25) is 0 Å². The average Bonchev–Trinajstić information content (AvgIpc) is 2.63. The predicted octanol–water partition coefficient (Wildman–Crippen LogP) is 3.21. The Hall–Kier alpha value is -0.250. The molecule has 1 heterocycles. The van der Waals surface area contributed by atoms with Crippen LogP contribution in [0.1, 0.15) is 32.6 Å². The average molecular weight is 235 g/mol. The van der Waals surface area contributed by atoms with E-state index in [0.717, 1.165) is 25.9 Å². The summed E-state index contributed by atoms with van der Waals surface area (Å²) in [5.41, 5.74) is 0. The van der Waals surface area contributed by atoms with Gasteiger partial charge in [-0.05, 0) is 56.5 Å². The smallest absolute Gasteiger partial charge is 0.316 e. The van der Waals surface area contributed by atoms with Crippen molar-refractivity contribution >= 4 is 0 Å². The first-order valence-corrected chi connectivity index (χ1v) is 6.26. The van der Waals surface area contributed by atoms with Gasteiger partial charge in [-0.25, -0.2) is 0 Å². The van der Waals surface area contributed by atoms with Gasteiger partial charge in [0, 0.05) is 0 Å². The summed E-state index contributed by atoms with van der Waals surface area (Å²) in [6, 6.07) is 0. The minimum absolute atomic E-state index is 0.345. The molecule has 1 N–H and O–H groups in total. The maximum atomic E-state index is 12.5. The van der Waals surface area contributed by atoms with Crippen LogP contribution in [0.2, 0.25) is 0 Å². The molecule has 2 unspecified atom stereocenters. The standard InChI is InChI=1S/C12H20F3N/c1-8-6-16-7-11(8)9-2-4-10(5-3-9)12(13,14)15/h8-11,16H,2-7H2,1H3. The number of hydrogen-bond acceptors (Lipinski definition) is 1. The number of halogens is 3. The topological polar surface area (TPSA) is 12.0 Å². The quantitative estimate of drug-likeness (QED) is 0.736. The lowest BCUT2D eigenvalue weighted by Crippen LogP contribution is -2.31. The zero-order chi connectivity index (χ0) is 11.8. The first-order chi connectivity index (χ1) is 7.48. The van der Waals surface area contributed by atoms with Gasteiger partial charge >= 0.3 is 6.18 Å². The molecule has 1 saturated carbocycles. The van der Waals surface area contributed by atoms with Crippen molar-refractivity contribution in [3.05, 3.63) is 0 Å². The van der Waals surface area contributed by atoms with Gasteiger partial charge < -0.3 is 5.32 Å². The third-order valence-corrected chi connectivity index (χ3v) is 4.42. The fourth-order valence-electron chi connectivity index (χ4n) is 3.34. The van der Waals surface area contributed by atoms with Gasteiger partial charge in [0.05, 0.1) is 5.92 Å². The van der Waals surface area contributed by atoms with E-state index in [0.29, 0.717) is 30.6 Å². The van der Waals surface area contributed by atoms with Crippen LogP contribution in [0, 0.1) is 23.7 Å². The van der Waals surface area contributed by atoms with E-state index in [1.54, 1.807) is 0 Å². The van der Waals surface area contributed by atoms with Crippen LogP contribution in [0.15, 0.2) is 0 Å². The molecule has 0 aromatic carbocycles. The van der Waals surface area contributed by atoms with E-state index in [1.807, 2.05) is 0 Å². The van der Waals surface area contributed by atoms with Crippen LogP contribution < -0.4 is 5.32 Å². The van der Waals surface area contributed by atoms with Gasteiger partial charge in [-0.2, -0.15) is 13.2 Å². The molecule has 2 aliphatic rings. The maximum Gasteiger partial charge on any atom is 0.391 e. The molecule has 0 spiro atoms. The summed E-state index contributed by atoms with van der Waals surface area (Å²) in [6.07, 6.45) is -1.75. The van der Waals surface area contributed by atoms with E-state index in [2.05, 4.69) is 12.2 Å². The molecule has 0 bridgehead atoms. The van der Waals surface area contributed by atoms with Gasteiger partial charge in [-0.15, -0.1) is 0 Å². The lowest BCUT2D eigenvalue weighted by atomic mass is 9.73. The monoisotopic (exact) mass is 235 g/mol. The normalized spacial score (nSPS) is 41.2. The third kappa shape index (κ3) is 2.53. The zero-order valence-corrected chi connectivity index (χ0v) is 9.69. The van der Waals surface area contributed by atoms with Crippen molar-refractivity contribution in [2.75, 3.05) is 13.1 Å². The van der Waals surface area contributed by atoms with Crippen LogP contribution in [-0.4, -0.2) is 19.3 Å². The van der Waals surface area contributed by atoms with Gasteiger partial charge in [-0.1, -0.05) is 6.92 Å². The lowest BCUT2D eigenvalue weighted by molar-refractivity contribution is -0.184. The fourth-order valence-corrected chi connectivity index (χ4v) is 3.34. The van der Waals surface area contributed by atoms with Crippen molar-refractivity contribution in [2.24, 2.45) is 23.7 Å². The van der Waals surface area contributed by atoms with E-state index in [1.165, 1.54) is 0 Å². The highest BCUT2D eigenvalue weighted by Gasteiger charge is 2.43. The molecule has 1 saturated heterocycles. The number of rotatable bonds is 1. The predicted molar refractivity (Wildman–Crippen MR) is 57.0 cm³/mol. The molecule has 1 aliphatic carbocycles. The van der Waals surface area contributed by atoms with Gasteiger partial charge in [0.25, 0.3) is 0 Å². The Bertz CT molecular complexity index is 231. The van der Waals surface area contributed by atoms with E-state index in [9.17, 15) is 13.2 Å². The highest BCUT2D eigenvalue weighted by molar-refractivity contribution is 4.87. The lowest BCUT2D eigenvalue weighted by Gasteiger charge is -2.34. The summed E-state index contributed by atoms with van der Waals surface area (Å²) in [5.74, 6) is 0.721. The SMILES string of the molecule is CC1CNCC1C1CCC(C(F)(F)F)CC1. The highest BCUT2D eigenvalue weighted by Crippen LogP contribution is 2.43. The van der Waals surface area contributed by atoms with E-state index < -0.39 is 12.1 Å². The first kappa shape index (κ1) is 12.2. The summed E-state index contributed by atoms with van der Waals surface area (Å²) in [4.78, 5) is 0. The Kier molecular flexibility index (Phi) is 3.48. The Morgan fingerprint density at radius 3 is 2.06 bits per heavy atom. The molecular weight excluding hydrogens is 215 g/mol. The molecule has 16 heavy (non-hydrogen) atoms. The van der Waals surface area contributed by atoms with Crippen molar-refractivity contribution in [3.63, 3.8) is 0 Å². The molecule has 2 fully saturated rings. The molecule has 0 aromatic rings. The maximum absolute atomic E-state index is 12.5. The van der Waals surface area contributed by atoms with Crippen molar-refractivity contribution in [1.82, 2.24) is 5.32 Å². The summed E-state index contributed by atoms with van der Waals surface area (Å²) < 4.78 is 37.5. The van der Waals surface area contributed by atoms with Crippen LogP contribution in [0.5, 0.6) is 0 Å². The summed E-state index contributed by atoms with van der Waals surface area (Å²) in [5, 5.41) is 3.34. The number of nitrogens with one attached hydrogen (secondary N) is 1. The minimum atomic E-state index is -3.97. The second-order valence-corrected chi connectivity index (χ2v) is 5.45. The van der Waals surface area contributed by atoms with Crippen molar-refractivity contribution in [3.8, 4) is 0 Å². The first-order valence-electron chi connectivity index (χ1n) is 6.26. The van der Waals surface area contributed by atoms with Crippen LogP contribution in [0.3, 0.4) is 0 Å². The minimum Gasteiger partial charge on any atom is -0.316 e. The largest absolute Gasteiger partial charge is 0.391 e. The second kappa shape index (κ2) is 4.55. The molecule has 0 aromatic heterocycles. The fraction of sp³-hybridized carbons (Fsp3) is 1.00. The Morgan fingerprint density at radius 2 is 1.62 bits per heavy atom. The van der Waals surface area contributed by atoms with E-state index >= 15 is 0 Å². The van der Waals surface area contributed by atoms with Gasteiger partial charge in [0.15, 0.2) is 0 Å². The molecule has 94 valence electrons. The molecule has 0 amide bonds. The number of alkyl halides is 3. The van der Waals surface area contributed by atoms with E-state index in [-0.39, 0.29) is 0 Å². The Labute approximate surface area is 94.8 Å².